The molecule has 0 radical (unpaired) electrons. The van der Waals surface area contributed by atoms with Gasteiger partial charge in [0.05, 0.1) is 11.3 Å². The largest absolute Gasteiger partial charge is 0.373 e. The highest BCUT2D eigenvalue weighted by molar-refractivity contribution is 5.94. The normalized spacial score (nSPS) is 26.3. The number of hydrogen-bond donors (Lipinski definition) is 1. The van der Waals surface area contributed by atoms with E-state index in [9.17, 15) is 4.79 Å². The fourth-order valence-electron chi connectivity index (χ4n) is 3.99. The molecule has 0 saturated carbocycles. The minimum atomic E-state index is -0.173. The molecule has 1 spiro atoms. The van der Waals surface area contributed by atoms with E-state index in [4.69, 9.17) is 9.26 Å². The Bertz CT molecular complexity index is 763. The van der Waals surface area contributed by atoms with Gasteiger partial charge in [0.2, 0.25) is 0 Å². The molecule has 0 bridgehead atoms. The van der Waals surface area contributed by atoms with Crippen LogP contribution in [-0.4, -0.2) is 52.3 Å². The lowest BCUT2D eigenvalue weighted by Gasteiger charge is -2.38. The molecule has 4 heterocycles. The van der Waals surface area contributed by atoms with Gasteiger partial charge in [-0.25, -0.2) is 0 Å². The Kier molecular flexibility index (Phi) is 4.74. The predicted molar refractivity (Wildman–Crippen MR) is 94.5 cm³/mol. The first kappa shape index (κ1) is 17.2. The molecule has 0 aromatic carbocycles. The van der Waals surface area contributed by atoms with Crippen molar-refractivity contribution in [3.63, 3.8) is 0 Å². The standard InChI is InChI=1S/C19H24N4O3/c1-14-10-17(22-26-14)12-23-8-5-19(13-23)11-16(4-9-25-19)21-18(24)15-2-6-20-7-3-15/h2-3,6-7,10,16H,4-5,8-9,11-13H2,1H3,(H,21,24)/t16-,19+/m1/s1. The zero-order valence-corrected chi connectivity index (χ0v) is 15.0. The van der Waals surface area contributed by atoms with Crippen molar-refractivity contribution >= 4 is 5.91 Å². The molecule has 1 N–H and O–H groups in total. The van der Waals surface area contributed by atoms with E-state index in [-0.39, 0.29) is 17.6 Å². The van der Waals surface area contributed by atoms with Crippen molar-refractivity contribution in [2.75, 3.05) is 19.7 Å². The Labute approximate surface area is 152 Å². The lowest BCUT2D eigenvalue weighted by molar-refractivity contribution is -0.0793. The monoisotopic (exact) mass is 356 g/mol. The molecule has 2 saturated heterocycles. The van der Waals surface area contributed by atoms with Gasteiger partial charge in [0.1, 0.15) is 5.76 Å². The number of carbonyl (C=O) groups excluding carboxylic acids is 1. The van der Waals surface area contributed by atoms with Crippen molar-refractivity contribution in [3.05, 3.63) is 47.6 Å². The number of carbonyl (C=O) groups is 1. The number of aryl methyl sites for hydroxylation is 1. The summed E-state index contributed by atoms with van der Waals surface area (Å²) in [6, 6.07) is 5.59. The third-order valence-corrected chi connectivity index (χ3v) is 5.23. The number of likely N-dealkylation sites (tertiary alicyclic amines) is 1. The van der Waals surface area contributed by atoms with E-state index in [1.807, 2.05) is 13.0 Å². The molecule has 2 aromatic heterocycles. The Balaban J connectivity index is 1.35. The van der Waals surface area contributed by atoms with Crippen LogP contribution in [0.25, 0.3) is 0 Å². The number of rotatable bonds is 4. The van der Waals surface area contributed by atoms with Gasteiger partial charge in [0.15, 0.2) is 0 Å². The predicted octanol–water partition coefficient (Wildman–Crippen LogP) is 1.93. The first-order chi connectivity index (χ1) is 12.6. The van der Waals surface area contributed by atoms with Gasteiger partial charge in [-0.15, -0.1) is 0 Å². The second kappa shape index (κ2) is 7.17. The number of nitrogens with one attached hydrogen (secondary N) is 1. The summed E-state index contributed by atoms with van der Waals surface area (Å²) in [5, 5.41) is 7.24. The second-order valence-corrected chi connectivity index (χ2v) is 7.32. The minimum absolute atomic E-state index is 0.0395. The number of aromatic nitrogens is 2. The molecule has 2 fully saturated rings. The van der Waals surface area contributed by atoms with E-state index in [1.54, 1.807) is 24.5 Å². The number of pyridine rings is 1. The summed E-state index contributed by atoms with van der Waals surface area (Å²) in [6.45, 7) is 5.19. The smallest absolute Gasteiger partial charge is 0.251 e. The fraction of sp³-hybridized carbons (Fsp3) is 0.526. The maximum absolute atomic E-state index is 12.4. The number of ether oxygens (including phenoxy) is 1. The van der Waals surface area contributed by atoms with Gasteiger partial charge in [0.25, 0.3) is 5.91 Å². The molecule has 2 aromatic rings. The summed E-state index contributed by atoms with van der Waals surface area (Å²) in [5.41, 5.74) is 1.43. The lowest BCUT2D eigenvalue weighted by Crippen LogP contribution is -2.49. The number of hydrogen-bond acceptors (Lipinski definition) is 6. The van der Waals surface area contributed by atoms with E-state index in [2.05, 4.69) is 20.4 Å². The third-order valence-electron chi connectivity index (χ3n) is 5.23. The molecule has 4 rings (SSSR count). The van der Waals surface area contributed by atoms with E-state index in [1.165, 1.54) is 0 Å². The van der Waals surface area contributed by atoms with Crippen LogP contribution in [0.2, 0.25) is 0 Å². The zero-order valence-electron chi connectivity index (χ0n) is 15.0. The summed E-state index contributed by atoms with van der Waals surface area (Å²) < 4.78 is 11.3. The molecule has 26 heavy (non-hydrogen) atoms. The molecular formula is C19H24N4O3. The van der Waals surface area contributed by atoms with Gasteiger partial charge in [-0.1, -0.05) is 5.16 Å². The van der Waals surface area contributed by atoms with Gasteiger partial charge < -0.3 is 14.6 Å². The van der Waals surface area contributed by atoms with Crippen LogP contribution in [0.15, 0.2) is 35.1 Å². The van der Waals surface area contributed by atoms with Crippen LogP contribution in [0.3, 0.4) is 0 Å². The Morgan fingerprint density at radius 1 is 1.42 bits per heavy atom. The average Bonchev–Trinajstić information content (AvgIpc) is 3.22. The van der Waals surface area contributed by atoms with Crippen molar-refractivity contribution in [1.82, 2.24) is 20.4 Å². The van der Waals surface area contributed by atoms with E-state index in [0.29, 0.717) is 12.2 Å². The molecule has 1 amide bonds. The van der Waals surface area contributed by atoms with Crippen molar-refractivity contribution < 1.29 is 14.1 Å². The van der Waals surface area contributed by atoms with Crippen molar-refractivity contribution in [2.45, 2.75) is 44.4 Å². The molecule has 0 aliphatic carbocycles. The Hall–Kier alpha value is -2.25. The molecule has 2 atom stereocenters. The maximum atomic E-state index is 12.4. The molecule has 7 nitrogen and oxygen atoms in total. The van der Waals surface area contributed by atoms with Gasteiger partial charge in [-0.05, 0) is 38.3 Å². The molecule has 138 valence electrons. The van der Waals surface area contributed by atoms with Crippen LogP contribution in [0.5, 0.6) is 0 Å². The first-order valence-electron chi connectivity index (χ1n) is 9.11. The second-order valence-electron chi connectivity index (χ2n) is 7.32. The van der Waals surface area contributed by atoms with Gasteiger partial charge >= 0.3 is 0 Å². The van der Waals surface area contributed by atoms with Crippen LogP contribution in [0.4, 0.5) is 0 Å². The Morgan fingerprint density at radius 2 is 2.27 bits per heavy atom. The zero-order chi connectivity index (χ0) is 18.0. The number of nitrogens with zero attached hydrogens (tertiary/aromatic N) is 3. The van der Waals surface area contributed by atoms with Crippen LogP contribution >= 0.6 is 0 Å². The van der Waals surface area contributed by atoms with Crippen molar-refractivity contribution in [2.24, 2.45) is 0 Å². The van der Waals surface area contributed by atoms with Crippen LogP contribution in [0, 0.1) is 6.92 Å². The highest BCUT2D eigenvalue weighted by Gasteiger charge is 2.43. The SMILES string of the molecule is Cc1cc(CN2CC[C@]3(C[C@H](NC(=O)c4ccncc4)CCO3)C2)no1. The van der Waals surface area contributed by atoms with Gasteiger partial charge in [-0.3, -0.25) is 14.7 Å². The maximum Gasteiger partial charge on any atom is 0.251 e. The summed E-state index contributed by atoms with van der Waals surface area (Å²) in [4.78, 5) is 18.7. The van der Waals surface area contributed by atoms with Crippen LogP contribution in [-0.2, 0) is 11.3 Å². The molecule has 7 heteroatoms. The van der Waals surface area contributed by atoms with Crippen molar-refractivity contribution in [1.29, 1.82) is 0 Å². The van der Waals surface area contributed by atoms with Crippen LogP contribution in [0.1, 0.15) is 41.1 Å². The van der Waals surface area contributed by atoms with Crippen molar-refractivity contribution in [3.8, 4) is 0 Å². The van der Waals surface area contributed by atoms with E-state index >= 15 is 0 Å². The topological polar surface area (TPSA) is 80.5 Å². The Morgan fingerprint density at radius 3 is 3.04 bits per heavy atom. The molecule has 2 aliphatic heterocycles. The number of amides is 1. The van der Waals surface area contributed by atoms with Gasteiger partial charge in [0, 0.05) is 56.3 Å². The van der Waals surface area contributed by atoms with Gasteiger partial charge in [-0.2, -0.15) is 0 Å². The summed E-state index contributed by atoms with van der Waals surface area (Å²) in [7, 11) is 0. The highest BCUT2D eigenvalue weighted by Crippen LogP contribution is 2.35. The molecule has 0 unspecified atom stereocenters. The van der Waals surface area contributed by atoms with E-state index in [0.717, 1.165) is 50.4 Å². The molecule has 2 aliphatic rings. The lowest BCUT2D eigenvalue weighted by atomic mass is 9.89. The summed E-state index contributed by atoms with van der Waals surface area (Å²) in [5.74, 6) is 0.795. The third kappa shape index (κ3) is 3.78. The summed E-state index contributed by atoms with van der Waals surface area (Å²) >= 11 is 0. The average molecular weight is 356 g/mol. The molecular weight excluding hydrogens is 332 g/mol. The first-order valence-corrected chi connectivity index (χ1v) is 9.11. The van der Waals surface area contributed by atoms with E-state index < -0.39 is 0 Å². The quantitative estimate of drug-likeness (QED) is 0.902. The summed E-state index contributed by atoms with van der Waals surface area (Å²) in [6.07, 6.45) is 5.95. The van der Waals surface area contributed by atoms with Crippen LogP contribution < -0.4 is 5.32 Å². The minimum Gasteiger partial charge on any atom is -0.373 e. The fourth-order valence-corrected chi connectivity index (χ4v) is 3.99. The highest BCUT2D eigenvalue weighted by atomic mass is 16.5.